The third-order valence-corrected chi connectivity index (χ3v) is 5.77. The fourth-order valence-corrected chi connectivity index (χ4v) is 4.25. The highest BCUT2D eigenvalue weighted by Crippen LogP contribution is 2.40. The summed E-state index contributed by atoms with van der Waals surface area (Å²) in [5, 5.41) is 2.53. The first-order valence-electron chi connectivity index (χ1n) is 10.8. The molecule has 1 aliphatic heterocycles. The number of nitrogens with one attached hydrogen (secondary N) is 1. The maximum absolute atomic E-state index is 13.4. The molecule has 0 saturated carbocycles. The highest BCUT2D eigenvalue weighted by atomic mass is 19.1. The van der Waals surface area contributed by atoms with Gasteiger partial charge in [0.15, 0.2) is 11.6 Å². The van der Waals surface area contributed by atoms with Gasteiger partial charge in [-0.3, -0.25) is 14.4 Å². The van der Waals surface area contributed by atoms with Crippen molar-refractivity contribution < 1.29 is 23.2 Å². The highest BCUT2D eigenvalue weighted by molar-refractivity contribution is 6.15. The van der Waals surface area contributed by atoms with Crippen LogP contribution < -0.4 is 16.0 Å². The number of nitrogens with zero attached hydrogens (tertiary/aromatic N) is 1. The van der Waals surface area contributed by atoms with Crippen molar-refractivity contribution in [1.29, 1.82) is 0 Å². The van der Waals surface area contributed by atoms with Crippen LogP contribution in [-0.2, 0) is 20.8 Å². The van der Waals surface area contributed by atoms with E-state index in [0.717, 1.165) is 12.1 Å². The van der Waals surface area contributed by atoms with Crippen LogP contribution in [0.2, 0.25) is 0 Å². The molecule has 1 aliphatic rings. The number of nitrogens with two attached hydrogens (primary N) is 1. The molecule has 0 unspecified atom stereocenters. The van der Waals surface area contributed by atoms with Gasteiger partial charge in [0.2, 0.25) is 5.91 Å². The second-order valence-electron chi connectivity index (χ2n) is 8.19. The van der Waals surface area contributed by atoms with Crippen LogP contribution in [0.3, 0.4) is 0 Å². The molecule has 4 rings (SSSR count). The summed E-state index contributed by atoms with van der Waals surface area (Å²) in [7, 11) is 0. The molecule has 1 heterocycles. The Hall–Kier alpha value is -3.91. The SMILES string of the molecule is C[C@H](NC(=O)Cc1cc(F)cc(F)c1)C(=O)[C@@H]1C(=O)[C@H](N)N(c2ccccc2)c2ccccc21. The molecule has 3 aromatic rings. The Kier molecular flexibility index (Phi) is 6.51. The van der Waals surface area contributed by atoms with Crippen LogP contribution in [0.15, 0.2) is 72.8 Å². The molecule has 34 heavy (non-hydrogen) atoms. The Balaban J connectivity index is 1.57. The van der Waals surface area contributed by atoms with Gasteiger partial charge in [-0.2, -0.15) is 0 Å². The quantitative estimate of drug-likeness (QED) is 0.547. The second kappa shape index (κ2) is 9.52. The Morgan fingerprint density at radius 2 is 1.62 bits per heavy atom. The predicted molar refractivity (Wildman–Crippen MR) is 123 cm³/mol. The molecule has 3 N–H and O–H groups in total. The summed E-state index contributed by atoms with van der Waals surface area (Å²) < 4.78 is 26.8. The van der Waals surface area contributed by atoms with Gasteiger partial charge in [0.25, 0.3) is 0 Å². The summed E-state index contributed by atoms with van der Waals surface area (Å²) >= 11 is 0. The second-order valence-corrected chi connectivity index (χ2v) is 8.19. The van der Waals surface area contributed by atoms with Crippen molar-refractivity contribution in [1.82, 2.24) is 5.32 Å². The maximum atomic E-state index is 13.4. The molecular weight excluding hydrogens is 440 g/mol. The molecule has 0 radical (unpaired) electrons. The lowest BCUT2D eigenvalue weighted by Crippen LogP contribution is -2.54. The zero-order valence-corrected chi connectivity index (χ0v) is 18.4. The fourth-order valence-electron chi connectivity index (χ4n) is 4.25. The van der Waals surface area contributed by atoms with E-state index in [4.69, 9.17) is 5.73 Å². The van der Waals surface area contributed by atoms with E-state index in [1.165, 1.54) is 6.92 Å². The van der Waals surface area contributed by atoms with Gasteiger partial charge in [0.1, 0.15) is 23.7 Å². The van der Waals surface area contributed by atoms with Gasteiger partial charge in [0, 0.05) is 17.4 Å². The van der Waals surface area contributed by atoms with E-state index < -0.39 is 47.2 Å². The number of anilines is 2. The molecule has 3 aromatic carbocycles. The molecule has 1 amide bonds. The number of hydrogen-bond acceptors (Lipinski definition) is 5. The lowest BCUT2D eigenvalue weighted by Gasteiger charge is -2.39. The highest BCUT2D eigenvalue weighted by Gasteiger charge is 2.43. The fraction of sp³-hybridized carbons (Fsp3) is 0.192. The molecule has 0 aromatic heterocycles. The van der Waals surface area contributed by atoms with Gasteiger partial charge >= 0.3 is 0 Å². The van der Waals surface area contributed by atoms with Gasteiger partial charge in [-0.25, -0.2) is 8.78 Å². The Morgan fingerprint density at radius 3 is 2.29 bits per heavy atom. The number of fused-ring (bicyclic) bond motifs is 1. The van der Waals surface area contributed by atoms with Crippen LogP contribution in [0.4, 0.5) is 20.2 Å². The molecule has 0 aliphatic carbocycles. The van der Waals surface area contributed by atoms with Crippen LogP contribution >= 0.6 is 0 Å². The summed E-state index contributed by atoms with van der Waals surface area (Å²) in [5.41, 5.74) is 8.27. The van der Waals surface area contributed by atoms with E-state index in [1.54, 1.807) is 29.2 Å². The lowest BCUT2D eigenvalue weighted by molar-refractivity contribution is -0.133. The monoisotopic (exact) mass is 463 g/mol. The van der Waals surface area contributed by atoms with Crippen LogP contribution in [-0.4, -0.2) is 29.7 Å². The Labute approximate surface area is 195 Å². The summed E-state index contributed by atoms with van der Waals surface area (Å²) in [4.78, 5) is 40.7. The summed E-state index contributed by atoms with van der Waals surface area (Å²) in [6.45, 7) is 1.47. The standard InChI is InChI=1S/C26H23F2N3O3/c1-15(30-22(32)13-16-11-17(27)14-18(28)12-16)24(33)23-20-9-5-6-10-21(20)31(26(29)25(23)34)19-7-3-2-4-8-19/h2-12,14-15,23,26H,13,29H2,1H3,(H,30,32)/t15-,23+,26+/m0/s1. The van der Waals surface area contributed by atoms with Crippen molar-refractivity contribution >= 4 is 28.8 Å². The number of halogens is 2. The molecule has 0 spiro atoms. The number of para-hydroxylation sites is 2. The first-order valence-corrected chi connectivity index (χ1v) is 10.8. The molecule has 0 bridgehead atoms. The number of carbonyl (C=O) groups is 3. The van der Waals surface area contributed by atoms with Gasteiger partial charge in [0.05, 0.1) is 12.5 Å². The maximum Gasteiger partial charge on any atom is 0.224 e. The third kappa shape index (κ3) is 4.58. The van der Waals surface area contributed by atoms with Crippen molar-refractivity contribution in [3.8, 4) is 0 Å². The molecule has 8 heteroatoms. The summed E-state index contributed by atoms with van der Waals surface area (Å²) in [6, 6.07) is 17.9. The average molecular weight is 463 g/mol. The van der Waals surface area contributed by atoms with Crippen molar-refractivity contribution in [2.75, 3.05) is 4.90 Å². The predicted octanol–water partition coefficient (Wildman–Crippen LogP) is 3.37. The third-order valence-electron chi connectivity index (χ3n) is 5.77. The minimum absolute atomic E-state index is 0.134. The molecule has 174 valence electrons. The molecule has 0 saturated heterocycles. The molecule has 3 atom stereocenters. The van der Waals surface area contributed by atoms with E-state index in [1.807, 2.05) is 30.3 Å². The van der Waals surface area contributed by atoms with Gasteiger partial charge in [-0.15, -0.1) is 0 Å². The summed E-state index contributed by atoms with van der Waals surface area (Å²) in [6.07, 6.45) is -1.41. The first-order chi connectivity index (χ1) is 16.3. The number of Topliss-reactive ketones (excluding diaryl/α,β-unsaturated/α-hetero) is 2. The van der Waals surface area contributed by atoms with E-state index >= 15 is 0 Å². The molecular formula is C26H23F2N3O3. The first kappa shape index (κ1) is 23.3. The van der Waals surface area contributed by atoms with Gasteiger partial charge in [-0.1, -0.05) is 36.4 Å². The van der Waals surface area contributed by atoms with Crippen molar-refractivity contribution in [2.45, 2.75) is 31.5 Å². The van der Waals surface area contributed by atoms with Crippen molar-refractivity contribution in [2.24, 2.45) is 5.73 Å². The number of benzene rings is 3. The van der Waals surface area contributed by atoms with Crippen LogP contribution in [0.1, 0.15) is 24.0 Å². The van der Waals surface area contributed by atoms with E-state index in [2.05, 4.69) is 5.32 Å². The van der Waals surface area contributed by atoms with E-state index in [9.17, 15) is 23.2 Å². The normalized spacial score (nSPS) is 18.2. The largest absolute Gasteiger partial charge is 0.346 e. The van der Waals surface area contributed by atoms with Crippen LogP contribution in [0.5, 0.6) is 0 Å². The molecule has 0 fully saturated rings. The van der Waals surface area contributed by atoms with Crippen LogP contribution in [0.25, 0.3) is 0 Å². The van der Waals surface area contributed by atoms with Gasteiger partial charge in [-0.05, 0) is 48.4 Å². The number of amides is 1. The molecule has 6 nitrogen and oxygen atoms in total. The number of carbonyl (C=O) groups excluding carboxylic acids is 3. The number of hydrogen-bond donors (Lipinski definition) is 2. The lowest BCUT2D eigenvalue weighted by atomic mass is 9.81. The van der Waals surface area contributed by atoms with Gasteiger partial charge < -0.3 is 16.0 Å². The van der Waals surface area contributed by atoms with Crippen molar-refractivity contribution in [3.05, 3.63) is 95.6 Å². The Morgan fingerprint density at radius 1 is 1.00 bits per heavy atom. The Bertz CT molecular complexity index is 1230. The van der Waals surface area contributed by atoms with Crippen molar-refractivity contribution in [3.63, 3.8) is 0 Å². The van der Waals surface area contributed by atoms with E-state index in [0.29, 0.717) is 23.0 Å². The average Bonchev–Trinajstić information content (AvgIpc) is 2.79. The summed E-state index contributed by atoms with van der Waals surface area (Å²) in [5.74, 6) is -4.35. The topological polar surface area (TPSA) is 92.5 Å². The number of ketones is 2. The zero-order chi connectivity index (χ0) is 24.4. The van der Waals surface area contributed by atoms with E-state index in [-0.39, 0.29) is 12.0 Å². The van der Waals surface area contributed by atoms with Crippen LogP contribution in [0, 0.1) is 11.6 Å². The smallest absolute Gasteiger partial charge is 0.224 e. The minimum atomic E-state index is -1.16. The number of rotatable bonds is 6. The zero-order valence-electron chi connectivity index (χ0n) is 18.4. The minimum Gasteiger partial charge on any atom is -0.346 e.